The van der Waals surface area contributed by atoms with Gasteiger partial charge in [-0.15, -0.1) is 5.10 Å². The lowest BCUT2D eigenvalue weighted by Gasteiger charge is -2.16. The average Bonchev–Trinajstić information content (AvgIpc) is 3.35. The summed E-state index contributed by atoms with van der Waals surface area (Å²) in [6.45, 7) is 5.44. The number of rotatable bonds is 5. The van der Waals surface area contributed by atoms with Gasteiger partial charge in [0.1, 0.15) is 11.8 Å². The van der Waals surface area contributed by atoms with E-state index < -0.39 is 5.41 Å². The van der Waals surface area contributed by atoms with Gasteiger partial charge in [-0.3, -0.25) is 14.8 Å². The Morgan fingerprint density at radius 1 is 1.12 bits per heavy atom. The molecule has 0 aliphatic carbocycles. The predicted octanol–water partition coefficient (Wildman–Crippen LogP) is 3.96. The van der Waals surface area contributed by atoms with Gasteiger partial charge in [0, 0.05) is 23.5 Å². The number of aryl methyl sites for hydroxylation is 1. The fraction of sp³-hybridized carbons (Fsp3) is 0.160. The van der Waals surface area contributed by atoms with E-state index in [-0.39, 0.29) is 5.91 Å². The van der Waals surface area contributed by atoms with Gasteiger partial charge in [0.25, 0.3) is 5.91 Å². The topological polar surface area (TPSA) is 133 Å². The number of carbonyl (C=O) groups is 1. The highest BCUT2D eigenvalue weighted by molar-refractivity contribution is 6.04. The highest BCUT2D eigenvalue weighted by Crippen LogP contribution is 2.24. The summed E-state index contributed by atoms with van der Waals surface area (Å²) < 4.78 is 1.56. The summed E-state index contributed by atoms with van der Waals surface area (Å²) in [5, 5.41) is 29.7. The van der Waals surface area contributed by atoms with Crippen molar-refractivity contribution in [3.05, 3.63) is 83.6 Å². The Hall–Kier alpha value is -4.89. The Labute approximate surface area is 196 Å². The first-order valence-corrected chi connectivity index (χ1v) is 10.4. The highest BCUT2D eigenvalue weighted by Gasteiger charge is 2.21. The van der Waals surface area contributed by atoms with Crippen molar-refractivity contribution >= 4 is 11.6 Å². The maximum Gasteiger partial charge on any atom is 0.255 e. The SMILES string of the molecule is Cc1ncc(NC(=O)c2cccc(C(C)(C)C#N)c2)cc1-n1cc(-c2cncc(C#N)c2)nn1. The summed E-state index contributed by atoms with van der Waals surface area (Å²) in [4.78, 5) is 21.3. The second-order valence-corrected chi connectivity index (χ2v) is 8.22. The van der Waals surface area contributed by atoms with Gasteiger partial charge in [0.15, 0.2) is 0 Å². The summed E-state index contributed by atoms with van der Waals surface area (Å²) in [6.07, 6.45) is 6.36. The van der Waals surface area contributed by atoms with E-state index in [2.05, 4.69) is 37.7 Å². The molecule has 0 fully saturated rings. The van der Waals surface area contributed by atoms with Crippen molar-refractivity contribution in [1.82, 2.24) is 25.0 Å². The lowest BCUT2D eigenvalue weighted by atomic mass is 9.85. The maximum atomic E-state index is 12.9. The summed E-state index contributed by atoms with van der Waals surface area (Å²) in [7, 11) is 0. The third kappa shape index (κ3) is 4.50. The number of amides is 1. The molecule has 0 spiro atoms. The zero-order chi connectivity index (χ0) is 24.3. The Balaban J connectivity index is 1.60. The fourth-order valence-corrected chi connectivity index (χ4v) is 3.29. The molecule has 0 saturated carbocycles. The van der Waals surface area contributed by atoms with E-state index in [1.54, 1.807) is 67.5 Å². The molecular weight excluding hydrogens is 428 g/mol. The number of pyridine rings is 2. The molecule has 1 N–H and O–H groups in total. The number of benzene rings is 1. The number of carbonyl (C=O) groups excluding carboxylic acids is 1. The Bertz CT molecular complexity index is 1470. The van der Waals surface area contributed by atoms with Crippen molar-refractivity contribution in [2.45, 2.75) is 26.2 Å². The smallest absolute Gasteiger partial charge is 0.255 e. The fourth-order valence-electron chi connectivity index (χ4n) is 3.29. The van der Waals surface area contributed by atoms with Crippen LogP contribution in [-0.4, -0.2) is 30.9 Å². The molecule has 1 amide bonds. The molecule has 4 rings (SSSR count). The molecule has 0 bridgehead atoms. The van der Waals surface area contributed by atoms with Crippen LogP contribution in [-0.2, 0) is 5.41 Å². The van der Waals surface area contributed by atoms with Gasteiger partial charge >= 0.3 is 0 Å². The van der Waals surface area contributed by atoms with E-state index in [1.807, 2.05) is 13.0 Å². The van der Waals surface area contributed by atoms with E-state index in [0.29, 0.717) is 39.5 Å². The molecular formula is C25H20N8O. The molecule has 3 aromatic heterocycles. The Morgan fingerprint density at radius 3 is 2.71 bits per heavy atom. The van der Waals surface area contributed by atoms with Crippen molar-refractivity contribution in [2.75, 3.05) is 5.32 Å². The molecule has 0 unspecified atom stereocenters. The van der Waals surface area contributed by atoms with Crippen molar-refractivity contribution in [3.63, 3.8) is 0 Å². The van der Waals surface area contributed by atoms with Crippen LogP contribution in [0.5, 0.6) is 0 Å². The molecule has 0 saturated heterocycles. The van der Waals surface area contributed by atoms with Crippen LogP contribution in [0.2, 0.25) is 0 Å². The van der Waals surface area contributed by atoms with Crippen molar-refractivity contribution < 1.29 is 4.79 Å². The molecule has 9 nitrogen and oxygen atoms in total. The average molecular weight is 448 g/mol. The first kappa shape index (κ1) is 22.3. The first-order valence-electron chi connectivity index (χ1n) is 10.4. The molecule has 1 aromatic carbocycles. The normalized spacial score (nSPS) is 10.9. The third-order valence-corrected chi connectivity index (χ3v) is 5.35. The minimum atomic E-state index is -0.706. The van der Waals surface area contributed by atoms with E-state index in [1.165, 1.54) is 6.20 Å². The van der Waals surface area contributed by atoms with Crippen LogP contribution in [0.3, 0.4) is 0 Å². The molecule has 0 aliphatic heterocycles. The van der Waals surface area contributed by atoms with E-state index in [9.17, 15) is 10.1 Å². The van der Waals surface area contributed by atoms with Crippen LogP contribution in [0.25, 0.3) is 16.9 Å². The summed E-state index contributed by atoms with van der Waals surface area (Å²) in [5.41, 5.74) is 3.96. The first-order chi connectivity index (χ1) is 16.3. The molecule has 4 aromatic rings. The monoisotopic (exact) mass is 448 g/mol. The second-order valence-electron chi connectivity index (χ2n) is 8.22. The predicted molar refractivity (Wildman–Crippen MR) is 125 cm³/mol. The zero-order valence-electron chi connectivity index (χ0n) is 18.8. The maximum absolute atomic E-state index is 12.9. The lowest BCUT2D eigenvalue weighted by Crippen LogP contribution is -2.17. The molecule has 0 radical (unpaired) electrons. The number of anilines is 1. The van der Waals surface area contributed by atoms with Crippen LogP contribution in [0, 0.1) is 29.6 Å². The van der Waals surface area contributed by atoms with Gasteiger partial charge in [-0.2, -0.15) is 10.5 Å². The van der Waals surface area contributed by atoms with Crippen LogP contribution >= 0.6 is 0 Å². The van der Waals surface area contributed by atoms with Gasteiger partial charge in [0.05, 0.1) is 46.5 Å². The van der Waals surface area contributed by atoms with Gasteiger partial charge in [-0.1, -0.05) is 17.3 Å². The zero-order valence-corrected chi connectivity index (χ0v) is 18.8. The molecule has 0 atom stereocenters. The van der Waals surface area contributed by atoms with Crippen LogP contribution < -0.4 is 5.32 Å². The number of nitrogens with one attached hydrogen (secondary N) is 1. The third-order valence-electron chi connectivity index (χ3n) is 5.35. The summed E-state index contributed by atoms with van der Waals surface area (Å²) in [5.74, 6) is -0.314. The quantitative estimate of drug-likeness (QED) is 0.488. The second kappa shape index (κ2) is 8.93. The lowest BCUT2D eigenvalue weighted by molar-refractivity contribution is 0.102. The molecule has 166 valence electrons. The number of nitriles is 2. The Kier molecular flexibility index (Phi) is 5.86. The summed E-state index contributed by atoms with van der Waals surface area (Å²) in [6, 6.07) is 14.7. The van der Waals surface area contributed by atoms with Crippen molar-refractivity contribution in [1.29, 1.82) is 10.5 Å². The number of hydrogen-bond acceptors (Lipinski definition) is 7. The molecule has 0 aliphatic rings. The van der Waals surface area contributed by atoms with Crippen LogP contribution in [0.1, 0.15) is 41.0 Å². The molecule has 9 heteroatoms. The molecule has 3 heterocycles. The van der Waals surface area contributed by atoms with Gasteiger partial charge in [0.2, 0.25) is 0 Å². The Morgan fingerprint density at radius 2 is 1.94 bits per heavy atom. The minimum Gasteiger partial charge on any atom is -0.321 e. The van der Waals surface area contributed by atoms with Crippen molar-refractivity contribution in [2.24, 2.45) is 0 Å². The number of nitrogens with zero attached hydrogens (tertiary/aromatic N) is 7. The number of aromatic nitrogens is 5. The van der Waals surface area contributed by atoms with Crippen molar-refractivity contribution in [3.8, 4) is 29.1 Å². The van der Waals surface area contributed by atoms with Gasteiger partial charge in [-0.05, 0) is 50.6 Å². The number of hydrogen-bond donors (Lipinski definition) is 1. The van der Waals surface area contributed by atoms with Gasteiger partial charge in [-0.25, -0.2) is 4.68 Å². The highest BCUT2D eigenvalue weighted by atomic mass is 16.1. The standard InChI is InChI=1S/C25H20N8O/c1-16-23(33-14-22(31-32-33)19-7-17(10-26)11-28-12-19)9-21(13-29-16)30-24(34)18-5-4-6-20(8-18)25(2,3)15-27/h4-9,11-14H,1-3H3,(H,30,34). The van der Waals surface area contributed by atoms with Crippen LogP contribution in [0.15, 0.2) is 61.2 Å². The minimum absolute atomic E-state index is 0.314. The largest absolute Gasteiger partial charge is 0.321 e. The van der Waals surface area contributed by atoms with Crippen LogP contribution in [0.4, 0.5) is 5.69 Å². The van der Waals surface area contributed by atoms with E-state index in [0.717, 1.165) is 5.56 Å². The molecule has 34 heavy (non-hydrogen) atoms. The van der Waals surface area contributed by atoms with E-state index >= 15 is 0 Å². The van der Waals surface area contributed by atoms with E-state index in [4.69, 9.17) is 5.26 Å². The summed E-state index contributed by atoms with van der Waals surface area (Å²) >= 11 is 0. The van der Waals surface area contributed by atoms with Gasteiger partial charge < -0.3 is 5.32 Å².